The molecule has 0 saturated carbocycles. The number of oxime groups is 1. The van der Waals surface area contributed by atoms with Gasteiger partial charge in [-0.2, -0.15) is 13.2 Å². The number of aromatic hydroxyl groups is 1. The van der Waals surface area contributed by atoms with E-state index in [1.807, 2.05) is 0 Å². The number of carbonyl (C=O) groups excluding carboxylic acids is 1. The van der Waals surface area contributed by atoms with Crippen LogP contribution in [0.15, 0.2) is 68.7 Å². The molecule has 0 fully saturated rings. The molecule has 1 amide bonds. The maximum Gasteiger partial charge on any atom is 0.416 e. The SMILES string of the molecule is O=C(/C=N/O)Nc1cc(Br)c(Oc2ccc(O)c(-c3cccc(C(F)(F)F)c3)c2)c(Br)c1. The van der Waals surface area contributed by atoms with Gasteiger partial charge in [-0.25, -0.2) is 0 Å². The lowest BCUT2D eigenvalue weighted by molar-refractivity contribution is -0.137. The number of nitrogens with one attached hydrogen (secondary N) is 1. The summed E-state index contributed by atoms with van der Waals surface area (Å²) in [5.74, 6) is -0.289. The Balaban J connectivity index is 1.92. The Morgan fingerprint density at radius 2 is 1.75 bits per heavy atom. The van der Waals surface area contributed by atoms with Crippen molar-refractivity contribution in [3.05, 3.63) is 69.1 Å². The number of alkyl halides is 3. The quantitative estimate of drug-likeness (QED) is 0.178. The zero-order valence-electron chi connectivity index (χ0n) is 15.8. The summed E-state index contributed by atoms with van der Waals surface area (Å²) in [5.41, 5.74) is -0.135. The van der Waals surface area contributed by atoms with Crippen LogP contribution in [0.5, 0.6) is 17.2 Å². The molecule has 166 valence electrons. The van der Waals surface area contributed by atoms with Crippen LogP contribution in [-0.4, -0.2) is 22.4 Å². The first-order valence-electron chi connectivity index (χ1n) is 8.74. The van der Waals surface area contributed by atoms with Gasteiger partial charge in [-0.05, 0) is 79.9 Å². The number of amides is 1. The lowest BCUT2D eigenvalue weighted by Gasteiger charge is -2.14. The third kappa shape index (κ3) is 5.60. The summed E-state index contributed by atoms with van der Waals surface area (Å²) in [6.45, 7) is 0. The van der Waals surface area contributed by atoms with Gasteiger partial charge >= 0.3 is 6.18 Å². The second kappa shape index (κ2) is 9.61. The van der Waals surface area contributed by atoms with Gasteiger partial charge in [0.1, 0.15) is 17.7 Å². The van der Waals surface area contributed by atoms with Crippen molar-refractivity contribution in [2.45, 2.75) is 6.18 Å². The third-order valence-electron chi connectivity index (χ3n) is 4.13. The summed E-state index contributed by atoms with van der Waals surface area (Å²) in [7, 11) is 0. The molecule has 32 heavy (non-hydrogen) atoms. The Hall–Kier alpha value is -3.05. The predicted octanol–water partition coefficient (Wildman–Crippen LogP) is 6.79. The molecule has 3 N–H and O–H groups in total. The van der Waals surface area contributed by atoms with Gasteiger partial charge in [0, 0.05) is 11.3 Å². The summed E-state index contributed by atoms with van der Waals surface area (Å²) in [6, 6.07) is 11.9. The number of ether oxygens (including phenoxy) is 1. The molecule has 3 aromatic rings. The molecule has 0 unspecified atom stereocenters. The Morgan fingerprint density at radius 1 is 1.06 bits per heavy atom. The van der Waals surface area contributed by atoms with Gasteiger partial charge in [0.15, 0.2) is 5.75 Å². The van der Waals surface area contributed by atoms with E-state index >= 15 is 0 Å². The number of benzene rings is 3. The summed E-state index contributed by atoms with van der Waals surface area (Å²) in [5, 5.41) is 23.7. The van der Waals surface area contributed by atoms with Crippen LogP contribution in [0.1, 0.15) is 5.56 Å². The van der Waals surface area contributed by atoms with Crippen LogP contribution in [0, 0.1) is 0 Å². The number of carbonyl (C=O) groups is 1. The van der Waals surface area contributed by atoms with Crippen molar-refractivity contribution in [3.8, 4) is 28.4 Å². The summed E-state index contributed by atoms with van der Waals surface area (Å²) in [6.07, 6.45) is -3.83. The molecule has 0 aliphatic heterocycles. The highest BCUT2D eigenvalue weighted by Crippen LogP contribution is 2.42. The fourth-order valence-corrected chi connectivity index (χ4v) is 4.10. The summed E-state index contributed by atoms with van der Waals surface area (Å²) >= 11 is 6.66. The molecule has 0 heterocycles. The van der Waals surface area contributed by atoms with E-state index in [0.29, 0.717) is 26.6 Å². The topological polar surface area (TPSA) is 91.2 Å². The van der Waals surface area contributed by atoms with Crippen molar-refractivity contribution in [1.29, 1.82) is 0 Å². The smallest absolute Gasteiger partial charge is 0.416 e. The first-order valence-corrected chi connectivity index (χ1v) is 10.3. The van der Waals surface area contributed by atoms with Crippen LogP contribution in [0.2, 0.25) is 0 Å². The van der Waals surface area contributed by atoms with Crippen LogP contribution < -0.4 is 10.1 Å². The number of rotatable bonds is 5. The number of hydrogen-bond acceptors (Lipinski definition) is 5. The number of hydrogen-bond donors (Lipinski definition) is 3. The predicted molar refractivity (Wildman–Crippen MR) is 119 cm³/mol. The standard InChI is InChI=1S/C21H13Br2F3N2O4/c22-16-7-13(28-19(30)10-27-31)8-17(23)20(16)32-14-4-5-18(29)15(9-14)11-2-1-3-12(6-11)21(24,25)26/h1-10,29,31H,(H,28,30)/b27-10+. The highest BCUT2D eigenvalue weighted by molar-refractivity contribution is 9.11. The van der Waals surface area contributed by atoms with Crippen LogP contribution in [0.4, 0.5) is 18.9 Å². The van der Waals surface area contributed by atoms with E-state index in [-0.39, 0.29) is 22.6 Å². The zero-order chi connectivity index (χ0) is 23.5. The second-order valence-corrected chi connectivity index (χ2v) is 8.07. The molecule has 3 aromatic carbocycles. The van der Waals surface area contributed by atoms with E-state index in [1.165, 1.54) is 42.5 Å². The van der Waals surface area contributed by atoms with Gasteiger partial charge in [0.2, 0.25) is 0 Å². The van der Waals surface area contributed by atoms with E-state index < -0.39 is 17.6 Å². The van der Waals surface area contributed by atoms with Crippen LogP contribution in [0.3, 0.4) is 0 Å². The minimum atomic E-state index is -4.52. The Morgan fingerprint density at radius 3 is 2.38 bits per heavy atom. The Bertz CT molecular complexity index is 1180. The summed E-state index contributed by atoms with van der Waals surface area (Å²) in [4.78, 5) is 11.5. The van der Waals surface area contributed by atoms with Crippen molar-refractivity contribution in [1.82, 2.24) is 0 Å². The molecule has 0 bridgehead atoms. The maximum absolute atomic E-state index is 13.1. The lowest BCUT2D eigenvalue weighted by atomic mass is 10.0. The van der Waals surface area contributed by atoms with Gasteiger partial charge in [0.05, 0.1) is 14.5 Å². The molecule has 0 saturated heterocycles. The minimum Gasteiger partial charge on any atom is -0.507 e. The molecule has 11 heteroatoms. The van der Waals surface area contributed by atoms with Crippen LogP contribution in [-0.2, 0) is 11.0 Å². The lowest BCUT2D eigenvalue weighted by Crippen LogP contribution is -2.12. The molecule has 0 spiro atoms. The molecule has 0 aliphatic carbocycles. The fraction of sp³-hybridized carbons (Fsp3) is 0.0476. The highest BCUT2D eigenvalue weighted by atomic mass is 79.9. The second-order valence-electron chi connectivity index (χ2n) is 6.36. The Kier molecular flexibility index (Phi) is 7.09. The largest absolute Gasteiger partial charge is 0.507 e. The van der Waals surface area contributed by atoms with Crippen molar-refractivity contribution in [3.63, 3.8) is 0 Å². The molecule has 0 aromatic heterocycles. The average Bonchev–Trinajstić information content (AvgIpc) is 2.71. The highest BCUT2D eigenvalue weighted by Gasteiger charge is 2.30. The molecule has 0 aliphatic rings. The maximum atomic E-state index is 13.1. The van der Waals surface area contributed by atoms with Crippen molar-refractivity contribution in [2.24, 2.45) is 5.16 Å². The monoisotopic (exact) mass is 572 g/mol. The van der Waals surface area contributed by atoms with Gasteiger partial charge in [-0.15, -0.1) is 0 Å². The normalized spacial score (nSPS) is 11.5. The number of anilines is 1. The molecular weight excluding hydrogens is 561 g/mol. The number of nitrogens with zero attached hydrogens (tertiary/aromatic N) is 1. The van der Waals surface area contributed by atoms with E-state index in [4.69, 9.17) is 9.94 Å². The van der Waals surface area contributed by atoms with E-state index in [1.54, 1.807) is 0 Å². The average molecular weight is 574 g/mol. The number of phenolic OH excluding ortho intramolecular Hbond substituents is 1. The van der Waals surface area contributed by atoms with E-state index in [0.717, 1.165) is 12.1 Å². The molecular formula is C21H13Br2F3N2O4. The molecule has 6 nitrogen and oxygen atoms in total. The van der Waals surface area contributed by atoms with Crippen molar-refractivity contribution < 1.29 is 33.0 Å². The number of halogens is 5. The third-order valence-corrected chi connectivity index (χ3v) is 5.31. The van der Waals surface area contributed by atoms with Gasteiger partial charge in [-0.1, -0.05) is 17.3 Å². The fourth-order valence-electron chi connectivity index (χ4n) is 2.75. The Labute approximate surface area is 196 Å². The summed E-state index contributed by atoms with van der Waals surface area (Å²) < 4.78 is 45.9. The van der Waals surface area contributed by atoms with Crippen molar-refractivity contribution in [2.75, 3.05) is 5.32 Å². The first-order chi connectivity index (χ1) is 15.1. The molecule has 3 rings (SSSR count). The number of phenols is 1. The van der Waals surface area contributed by atoms with Gasteiger partial charge in [-0.3, -0.25) is 4.79 Å². The first kappa shape index (κ1) is 23.6. The van der Waals surface area contributed by atoms with E-state index in [2.05, 4.69) is 42.3 Å². The van der Waals surface area contributed by atoms with E-state index in [9.17, 15) is 23.1 Å². The minimum absolute atomic E-state index is 0.160. The molecule has 0 radical (unpaired) electrons. The zero-order valence-corrected chi connectivity index (χ0v) is 19.0. The van der Waals surface area contributed by atoms with Gasteiger partial charge < -0.3 is 20.4 Å². The van der Waals surface area contributed by atoms with Gasteiger partial charge in [0.25, 0.3) is 5.91 Å². The van der Waals surface area contributed by atoms with Crippen molar-refractivity contribution >= 4 is 49.7 Å². The van der Waals surface area contributed by atoms with Crippen LogP contribution in [0.25, 0.3) is 11.1 Å². The molecule has 0 atom stereocenters. The van der Waals surface area contributed by atoms with Crippen LogP contribution >= 0.6 is 31.9 Å².